The molecule has 0 saturated carbocycles. The number of hydrogen-bond acceptors (Lipinski definition) is 3. The lowest BCUT2D eigenvalue weighted by atomic mass is 9.94. The molecule has 0 fully saturated rings. The van der Waals surface area contributed by atoms with E-state index in [2.05, 4.69) is 210 Å². The van der Waals surface area contributed by atoms with Crippen molar-refractivity contribution in [2.24, 2.45) is 0 Å². The van der Waals surface area contributed by atoms with Crippen molar-refractivity contribution in [1.29, 1.82) is 0 Å². The first-order valence-electron chi connectivity index (χ1n) is 20.3. The van der Waals surface area contributed by atoms with Crippen LogP contribution in [0.1, 0.15) is 0 Å². The number of fused-ring (bicyclic) bond motifs is 4. The van der Waals surface area contributed by atoms with Gasteiger partial charge in [0.25, 0.3) is 0 Å². The molecule has 11 rings (SSSR count). The molecule has 4 nitrogen and oxygen atoms in total. The van der Waals surface area contributed by atoms with Crippen molar-refractivity contribution in [1.82, 2.24) is 14.5 Å². The van der Waals surface area contributed by atoms with E-state index in [1.807, 2.05) is 30.3 Å². The van der Waals surface area contributed by atoms with Gasteiger partial charge in [-0.05, 0) is 101 Å². The van der Waals surface area contributed by atoms with Crippen molar-refractivity contribution in [3.05, 3.63) is 231 Å². The van der Waals surface area contributed by atoms with E-state index < -0.39 is 0 Å². The maximum atomic E-state index is 5.18. The lowest BCUT2D eigenvalue weighted by Crippen LogP contribution is -2.09. The van der Waals surface area contributed by atoms with Gasteiger partial charge in [0.1, 0.15) is 0 Å². The number of aromatic nitrogens is 3. The highest BCUT2D eigenvalue weighted by atomic mass is 15.1. The van der Waals surface area contributed by atoms with Crippen molar-refractivity contribution in [3.63, 3.8) is 0 Å². The van der Waals surface area contributed by atoms with Crippen LogP contribution in [0.5, 0.6) is 0 Å². The van der Waals surface area contributed by atoms with Crippen molar-refractivity contribution >= 4 is 49.9 Å². The van der Waals surface area contributed by atoms with E-state index in [-0.39, 0.29) is 0 Å². The predicted molar refractivity (Wildman–Crippen MR) is 250 cm³/mol. The molecule has 0 unspecified atom stereocenters. The molecule has 2 aromatic heterocycles. The third kappa shape index (κ3) is 6.28. The van der Waals surface area contributed by atoms with Gasteiger partial charge in [0.15, 0.2) is 0 Å². The molecule has 0 radical (unpaired) electrons. The first-order valence-corrected chi connectivity index (χ1v) is 20.3. The maximum Gasteiger partial charge on any atom is 0.0973 e. The third-order valence-electron chi connectivity index (χ3n) is 11.4. The van der Waals surface area contributed by atoms with Gasteiger partial charge in [0.2, 0.25) is 0 Å². The summed E-state index contributed by atoms with van der Waals surface area (Å²) < 4.78 is 2.39. The van der Waals surface area contributed by atoms with Gasteiger partial charge < -0.3 is 9.47 Å². The van der Waals surface area contributed by atoms with Gasteiger partial charge in [-0.25, -0.2) is 9.97 Å². The molecule has 0 N–H and O–H groups in total. The smallest absolute Gasteiger partial charge is 0.0973 e. The summed E-state index contributed by atoms with van der Waals surface area (Å²) in [6, 6.07) is 81.6. The standard InChI is InChI=1S/C56H38N4/c1-5-17-39(18-6-1)47-25-13-14-26-48(47)42-31-35-53-49(37-42)50-38-46(34-36-54(50)60(53)44-23-11-4-12-24-44)59(43-21-9-3-10-22-43)45-32-29-41(30-33-45)56-55(40-19-7-2-8-20-40)57-51-27-15-16-28-52(51)58-56/h1-38H. The molecule has 0 atom stereocenters. The molecule has 0 bridgehead atoms. The third-order valence-corrected chi connectivity index (χ3v) is 11.4. The first kappa shape index (κ1) is 35.1. The Balaban J connectivity index is 1.08. The number of anilines is 3. The molecule has 0 amide bonds. The van der Waals surface area contributed by atoms with E-state index in [4.69, 9.17) is 9.97 Å². The summed E-state index contributed by atoms with van der Waals surface area (Å²) in [5.41, 5.74) is 17.0. The molecular weight excluding hydrogens is 729 g/mol. The van der Waals surface area contributed by atoms with Gasteiger partial charge in [0, 0.05) is 44.6 Å². The maximum absolute atomic E-state index is 5.18. The highest BCUT2D eigenvalue weighted by molar-refractivity contribution is 6.12. The van der Waals surface area contributed by atoms with Crippen molar-refractivity contribution in [3.8, 4) is 50.5 Å². The molecule has 282 valence electrons. The summed E-state index contributed by atoms with van der Waals surface area (Å²) >= 11 is 0. The predicted octanol–water partition coefficient (Wildman–Crippen LogP) is 14.9. The van der Waals surface area contributed by atoms with Gasteiger partial charge >= 0.3 is 0 Å². The summed E-state index contributed by atoms with van der Waals surface area (Å²) in [6.45, 7) is 0. The van der Waals surface area contributed by atoms with Crippen molar-refractivity contribution in [2.75, 3.05) is 4.90 Å². The zero-order valence-corrected chi connectivity index (χ0v) is 32.7. The monoisotopic (exact) mass is 766 g/mol. The van der Waals surface area contributed by atoms with E-state index >= 15 is 0 Å². The Bertz CT molecular complexity index is 3290. The number of hydrogen-bond donors (Lipinski definition) is 0. The second-order valence-electron chi connectivity index (χ2n) is 15.0. The molecule has 0 aliphatic carbocycles. The van der Waals surface area contributed by atoms with Gasteiger partial charge in [-0.3, -0.25) is 0 Å². The van der Waals surface area contributed by atoms with Crippen LogP contribution in [0.4, 0.5) is 17.1 Å². The minimum atomic E-state index is 0.859. The average molecular weight is 767 g/mol. The lowest BCUT2D eigenvalue weighted by Gasteiger charge is -2.26. The van der Waals surface area contributed by atoms with Crippen LogP contribution in [0, 0.1) is 0 Å². The Morgan fingerprint density at radius 3 is 1.38 bits per heavy atom. The zero-order valence-electron chi connectivity index (χ0n) is 32.7. The Hall–Kier alpha value is -8.08. The van der Waals surface area contributed by atoms with E-state index in [9.17, 15) is 0 Å². The van der Waals surface area contributed by atoms with Crippen LogP contribution in [0.25, 0.3) is 83.3 Å². The Morgan fingerprint density at radius 1 is 0.317 bits per heavy atom. The Labute approximate surface area is 348 Å². The Kier molecular flexibility index (Phi) is 8.79. The number of para-hydroxylation sites is 4. The van der Waals surface area contributed by atoms with Crippen LogP contribution in [0.3, 0.4) is 0 Å². The minimum absolute atomic E-state index is 0.859. The summed E-state index contributed by atoms with van der Waals surface area (Å²) in [6.07, 6.45) is 0. The topological polar surface area (TPSA) is 34.0 Å². The number of rotatable bonds is 8. The van der Waals surface area contributed by atoms with E-state index in [1.54, 1.807) is 0 Å². The van der Waals surface area contributed by atoms with Crippen LogP contribution >= 0.6 is 0 Å². The van der Waals surface area contributed by atoms with Crippen LogP contribution < -0.4 is 4.90 Å². The fourth-order valence-corrected chi connectivity index (χ4v) is 8.57. The molecule has 0 aliphatic rings. The molecule has 0 aliphatic heterocycles. The molecule has 0 spiro atoms. The molecule has 60 heavy (non-hydrogen) atoms. The van der Waals surface area contributed by atoms with Crippen molar-refractivity contribution < 1.29 is 0 Å². The highest BCUT2D eigenvalue weighted by Crippen LogP contribution is 2.42. The molecule has 2 heterocycles. The van der Waals surface area contributed by atoms with Gasteiger partial charge in [-0.1, -0.05) is 152 Å². The largest absolute Gasteiger partial charge is 0.310 e. The lowest BCUT2D eigenvalue weighted by molar-refractivity contribution is 1.18. The SMILES string of the molecule is c1ccc(-c2ccccc2-c2ccc3c(c2)c2cc(N(c4ccccc4)c4ccc(-c5nc6ccccc6nc5-c5ccccc5)cc4)ccc2n3-c2ccccc2)cc1. The summed E-state index contributed by atoms with van der Waals surface area (Å²) in [5.74, 6) is 0. The van der Waals surface area contributed by atoms with Crippen LogP contribution in [0.2, 0.25) is 0 Å². The molecule has 9 aromatic carbocycles. The summed E-state index contributed by atoms with van der Waals surface area (Å²) in [5, 5.41) is 2.38. The van der Waals surface area contributed by atoms with Crippen LogP contribution in [-0.2, 0) is 0 Å². The highest BCUT2D eigenvalue weighted by Gasteiger charge is 2.20. The van der Waals surface area contributed by atoms with E-state index in [0.29, 0.717) is 0 Å². The second-order valence-corrected chi connectivity index (χ2v) is 15.0. The summed E-state index contributed by atoms with van der Waals surface area (Å²) in [4.78, 5) is 12.6. The van der Waals surface area contributed by atoms with E-state index in [1.165, 1.54) is 33.0 Å². The quantitative estimate of drug-likeness (QED) is 0.154. The van der Waals surface area contributed by atoms with Crippen LogP contribution in [-0.4, -0.2) is 14.5 Å². The van der Waals surface area contributed by atoms with Gasteiger partial charge in [-0.2, -0.15) is 0 Å². The molecule has 4 heteroatoms. The minimum Gasteiger partial charge on any atom is -0.310 e. The van der Waals surface area contributed by atoms with E-state index in [0.717, 1.165) is 67.3 Å². The summed E-state index contributed by atoms with van der Waals surface area (Å²) in [7, 11) is 0. The average Bonchev–Trinajstić information content (AvgIpc) is 3.65. The fraction of sp³-hybridized carbons (Fsp3) is 0. The van der Waals surface area contributed by atoms with Gasteiger partial charge in [-0.15, -0.1) is 0 Å². The zero-order chi connectivity index (χ0) is 39.8. The van der Waals surface area contributed by atoms with Crippen LogP contribution in [0.15, 0.2) is 231 Å². The number of nitrogens with zero attached hydrogens (tertiary/aromatic N) is 4. The normalized spacial score (nSPS) is 11.3. The first-order chi connectivity index (χ1) is 29.8. The Morgan fingerprint density at radius 2 is 0.750 bits per heavy atom. The molecule has 11 aromatic rings. The number of benzene rings is 9. The van der Waals surface area contributed by atoms with Crippen molar-refractivity contribution in [2.45, 2.75) is 0 Å². The van der Waals surface area contributed by atoms with Gasteiger partial charge in [0.05, 0.1) is 33.5 Å². The second kappa shape index (κ2) is 15.0. The fourth-order valence-electron chi connectivity index (χ4n) is 8.57. The molecule has 0 saturated heterocycles. The molecular formula is C56H38N4.